The average Bonchev–Trinajstić information content (AvgIpc) is 2.61. The van der Waals surface area contributed by atoms with E-state index in [1.54, 1.807) is 11.8 Å². The summed E-state index contributed by atoms with van der Waals surface area (Å²) in [5, 5.41) is 9.89. The molecule has 0 aliphatic rings. The van der Waals surface area contributed by atoms with Crippen molar-refractivity contribution >= 4 is 11.8 Å². The van der Waals surface area contributed by atoms with E-state index >= 15 is 0 Å². The minimum atomic E-state index is 0.250. The fourth-order valence-electron chi connectivity index (χ4n) is 0.946. The Labute approximate surface area is 83.2 Å². The van der Waals surface area contributed by atoms with Crippen molar-refractivity contribution in [3.8, 4) is 0 Å². The van der Waals surface area contributed by atoms with Gasteiger partial charge in [-0.2, -0.15) is 0 Å². The van der Waals surface area contributed by atoms with E-state index in [1.165, 1.54) is 0 Å². The number of hydrogen-bond acceptors (Lipinski definition) is 3. The van der Waals surface area contributed by atoms with E-state index in [9.17, 15) is 0 Å². The Morgan fingerprint density at radius 3 is 3.08 bits per heavy atom. The molecule has 1 heterocycles. The lowest BCUT2D eigenvalue weighted by molar-refractivity contribution is 0.250. The van der Waals surface area contributed by atoms with Gasteiger partial charge in [0.1, 0.15) is 0 Å². The Hall–Kier alpha value is -0.480. The largest absolute Gasteiger partial charge is 0.396 e. The van der Waals surface area contributed by atoms with E-state index in [2.05, 4.69) is 16.5 Å². The highest BCUT2D eigenvalue weighted by Crippen LogP contribution is 2.18. The quantitative estimate of drug-likeness (QED) is 0.734. The highest BCUT2D eigenvalue weighted by molar-refractivity contribution is 7.99. The second-order valence-electron chi connectivity index (χ2n) is 3.09. The Balaban J connectivity index is 2.44. The van der Waals surface area contributed by atoms with E-state index in [4.69, 9.17) is 5.11 Å². The molecule has 1 aromatic rings. The van der Waals surface area contributed by atoms with E-state index in [1.807, 2.05) is 19.3 Å². The molecule has 4 heteroatoms. The molecule has 0 aliphatic carbocycles. The normalized spacial score (nSPS) is 13.2. The van der Waals surface area contributed by atoms with Crippen molar-refractivity contribution in [1.29, 1.82) is 0 Å². The zero-order chi connectivity index (χ0) is 9.68. The molecular weight excluding hydrogens is 184 g/mol. The number of nitrogens with zero attached hydrogens (tertiary/aromatic N) is 2. The van der Waals surface area contributed by atoms with Crippen molar-refractivity contribution in [2.45, 2.75) is 25.5 Å². The van der Waals surface area contributed by atoms with Crippen LogP contribution in [0.15, 0.2) is 17.6 Å². The van der Waals surface area contributed by atoms with Crippen LogP contribution >= 0.6 is 11.8 Å². The third kappa shape index (κ3) is 3.04. The molecule has 74 valence electrons. The summed E-state index contributed by atoms with van der Waals surface area (Å²) in [7, 11) is 0. The summed E-state index contributed by atoms with van der Waals surface area (Å²) in [4.78, 5) is 4.24. The fraction of sp³-hybridized carbons (Fsp3) is 0.667. The van der Waals surface area contributed by atoms with Crippen LogP contribution in [0.25, 0.3) is 0 Å². The summed E-state index contributed by atoms with van der Waals surface area (Å²) < 4.78 is 2.11. The third-order valence-electron chi connectivity index (χ3n) is 1.83. The predicted molar refractivity (Wildman–Crippen MR) is 54.9 cm³/mol. The second-order valence-corrected chi connectivity index (χ2v) is 4.08. The summed E-state index contributed by atoms with van der Waals surface area (Å²) in [5.41, 5.74) is 0. The maximum atomic E-state index is 8.85. The highest BCUT2D eigenvalue weighted by Gasteiger charge is 2.05. The van der Waals surface area contributed by atoms with Crippen molar-refractivity contribution in [3.63, 3.8) is 0 Å². The minimum absolute atomic E-state index is 0.250. The molecule has 0 radical (unpaired) electrons. The molecule has 3 nitrogen and oxygen atoms in total. The van der Waals surface area contributed by atoms with E-state index < -0.39 is 0 Å². The molecule has 1 unspecified atom stereocenters. The van der Waals surface area contributed by atoms with E-state index in [-0.39, 0.29) is 6.61 Å². The molecule has 1 atom stereocenters. The first-order valence-corrected chi connectivity index (χ1v) is 5.51. The lowest BCUT2D eigenvalue weighted by Gasteiger charge is -2.07. The van der Waals surface area contributed by atoms with Crippen LogP contribution in [-0.4, -0.2) is 27.0 Å². The number of aliphatic hydroxyl groups excluding tert-OH is 1. The molecule has 0 saturated carbocycles. The number of hydrogen-bond donors (Lipinski definition) is 1. The monoisotopic (exact) mass is 200 g/mol. The van der Waals surface area contributed by atoms with Crippen molar-refractivity contribution in [1.82, 2.24) is 9.55 Å². The highest BCUT2D eigenvalue weighted by atomic mass is 32.2. The molecule has 0 saturated heterocycles. The van der Waals surface area contributed by atoms with Crippen molar-refractivity contribution in [2.75, 3.05) is 12.4 Å². The molecule has 13 heavy (non-hydrogen) atoms. The van der Waals surface area contributed by atoms with E-state index in [0.29, 0.717) is 5.92 Å². The third-order valence-corrected chi connectivity index (χ3v) is 3.16. The van der Waals surface area contributed by atoms with Gasteiger partial charge in [-0.3, -0.25) is 0 Å². The Bertz CT molecular complexity index is 250. The molecule has 0 amide bonds. The molecule has 1 aromatic heterocycles. The molecule has 0 bridgehead atoms. The lowest BCUT2D eigenvalue weighted by atomic mass is 10.2. The van der Waals surface area contributed by atoms with Gasteiger partial charge in [0.2, 0.25) is 0 Å². The van der Waals surface area contributed by atoms with Crippen LogP contribution in [0, 0.1) is 5.92 Å². The van der Waals surface area contributed by atoms with Gasteiger partial charge < -0.3 is 9.67 Å². The van der Waals surface area contributed by atoms with Crippen LogP contribution in [0.3, 0.4) is 0 Å². The number of thioether (sulfide) groups is 1. The fourth-order valence-corrected chi connectivity index (χ4v) is 1.98. The molecule has 0 aliphatic heterocycles. The summed E-state index contributed by atoms with van der Waals surface area (Å²) >= 11 is 1.70. The van der Waals surface area contributed by atoms with Gasteiger partial charge in [0.15, 0.2) is 5.16 Å². The zero-order valence-corrected chi connectivity index (χ0v) is 8.92. The predicted octanol–water partition coefficient (Wildman–Crippen LogP) is 1.62. The summed E-state index contributed by atoms with van der Waals surface area (Å²) in [6.45, 7) is 5.34. The van der Waals surface area contributed by atoms with Crippen LogP contribution in [0.1, 0.15) is 13.8 Å². The summed E-state index contributed by atoms with van der Waals surface area (Å²) in [6.07, 6.45) is 3.79. The van der Waals surface area contributed by atoms with Gasteiger partial charge in [0, 0.05) is 31.3 Å². The van der Waals surface area contributed by atoms with Crippen LogP contribution in [0.2, 0.25) is 0 Å². The van der Waals surface area contributed by atoms with Crippen LogP contribution in [-0.2, 0) is 6.54 Å². The van der Waals surface area contributed by atoms with Gasteiger partial charge in [0.05, 0.1) is 0 Å². The van der Waals surface area contributed by atoms with Gasteiger partial charge in [-0.05, 0) is 12.8 Å². The summed E-state index contributed by atoms with van der Waals surface area (Å²) in [5.74, 6) is 1.26. The Morgan fingerprint density at radius 1 is 1.69 bits per heavy atom. The smallest absolute Gasteiger partial charge is 0.167 e. The van der Waals surface area contributed by atoms with Crippen molar-refractivity contribution in [3.05, 3.63) is 12.4 Å². The minimum Gasteiger partial charge on any atom is -0.396 e. The average molecular weight is 200 g/mol. The SMILES string of the molecule is CCn1ccnc1SCC(C)CO. The lowest BCUT2D eigenvalue weighted by Crippen LogP contribution is -2.04. The zero-order valence-electron chi connectivity index (χ0n) is 8.10. The van der Waals surface area contributed by atoms with Gasteiger partial charge in [-0.15, -0.1) is 0 Å². The molecule has 1 N–H and O–H groups in total. The number of aliphatic hydroxyl groups is 1. The van der Waals surface area contributed by atoms with Crippen molar-refractivity contribution < 1.29 is 5.11 Å². The molecule has 1 rings (SSSR count). The van der Waals surface area contributed by atoms with Gasteiger partial charge in [-0.25, -0.2) is 4.98 Å². The van der Waals surface area contributed by atoms with Gasteiger partial charge >= 0.3 is 0 Å². The topological polar surface area (TPSA) is 38.0 Å². The first kappa shape index (κ1) is 10.6. The van der Waals surface area contributed by atoms with Crippen LogP contribution in [0.5, 0.6) is 0 Å². The van der Waals surface area contributed by atoms with Crippen LogP contribution in [0.4, 0.5) is 0 Å². The van der Waals surface area contributed by atoms with Gasteiger partial charge in [-0.1, -0.05) is 18.7 Å². The molecule has 0 spiro atoms. The van der Waals surface area contributed by atoms with Crippen LogP contribution < -0.4 is 0 Å². The first-order valence-electron chi connectivity index (χ1n) is 4.52. The maximum absolute atomic E-state index is 8.85. The number of rotatable bonds is 5. The standard InChI is InChI=1S/C9H16N2OS/c1-3-11-5-4-10-9(11)13-7-8(2)6-12/h4-5,8,12H,3,6-7H2,1-2H3. The molecule has 0 fully saturated rings. The van der Waals surface area contributed by atoms with Gasteiger partial charge in [0.25, 0.3) is 0 Å². The number of imidazole rings is 1. The Kier molecular flexibility index (Phi) is 4.32. The summed E-state index contributed by atoms with van der Waals surface area (Å²) in [6, 6.07) is 0. The number of aryl methyl sites for hydroxylation is 1. The first-order chi connectivity index (χ1) is 6.27. The molecule has 0 aromatic carbocycles. The Morgan fingerprint density at radius 2 is 2.46 bits per heavy atom. The molecular formula is C9H16N2OS. The number of aromatic nitrogens is 2. The van der Waals surface area contributed by atoms with E-state index in [0.717, 1.165) is 17.5 Å². The second kappa shape index (κ2) is 5.29. The maximum Gasteiger partial charge on any atom is 0.167 e. The van der Waals surface area contributed by atoms with Crippen molar-refractivity contribution in [2.24, 2.45) is 5.92 Å².